The number of thiazole rings is 1. The molecule has 0 bridgehead atoms. The van der Waals surface area contributed by atoms with Crippen LogP contribution in [0.15, 0.2) is 17.5 Å². The first-order valence-corrected chi connectivity index (χ1v) is 8.07. The lowest BCUT2D eigenvalue weighted by Gasteiger charge is -2.03. The van der Waals surface area contributed by atoms with Gasteiger partial charge in [-0.05, 0) is 31.3 Å². The summed E-state index contributed by atoms with van der Waals surface area (Å²) >= 11 is 19.1. The van der Waals surface area contributed by atoms with Crippen LogP contribution in [0.25, 0.3) is 11.0 Å². The van der Waals surface area contributed by atoms with E-state index in [1.807, 2.05) is 17.6 Å². The zero-order chi connectivity index (χ0) is 14.3. The Morgan fingerprint density at radius 1 is 1.35 bits per heavy atom. The Kier molecular flexibility index (Phi) is 3.86. The summed E-state index contributed by atoms with van der Waals surface area (Å²) in [5, 5.41) is 4.23. The number of aromatic amines is 1. The van der Waals surface area contributed by atoms with Crippen molar-refractivity contribution in [1.29, 1.82) is 0 Å². The minimum atomic E-state index is 0.526. The number of nitrogens with zero attached hydrogens (tertiary/aromatic N) is 2. The summed E-state index contributed by atoms with van der Waals surface area (Å²) in [6.07, 6.45) is 0.847. The van der Waals surface area contributed by atoms with Gasteiger partial charge in [-0.25, -0.2) is 4.98 Å². The smallest absolute Gasteiger partial charge is 0.178 e. The van der Waals surface area contributed by atoms with Crippen molar-refractivity contribution in [2.45, 2.75) is 19.9 Å². The number of hydrogen-bond acceptors (Lipinski definition) is 3. The number of H-pyrrole nitrogens is 1. The Balaban J connectivity index is 1.96. The Morgan fingerprint density at radius 2 is 2.10 bits per heavy atom. The van der Waals surface area contributed by atoms with Gasteiger partial charge in [0.05, 0.1) is 26.1 Å². The Bertz CT molecular complexity index is 832. The maximum absolute atomic E-state index is 6.09. The van der Waals surface area contributed by atoms with Crippen LogP contribution in [0.5, 0.6) is 0 Å². The molecule has 3 aromatic rings. The van der Waals surface area contributed by atoms with E-state index >= 15 is 0 Å². The number of benzene rings is 1. The number of aryl methyl sites for hydroxylation is 3. The van der Waals surface area contributed by atoms with Crippen LogP contribution < -0.4 is 0 Å². The molecule has 1 N–H and O–H groups in total. The summed E-state index contributed by atoms with van der Waals surface area (Å²) < 4.78 is 2.70. The zero-order valence-electron chi connectivity index (χ0n) is 10.6. The number of rotatable bonds is 3. The van der Waals surface area contributed by atoms with Crippen molar-refractivity contribution in [2.24, 2.45) is 0 Å². The Morgan fingerprint density at radius 3 is 2.80 bits per heavy atom. The van der Waals surface area contributed by atoms with E-state index < -0.39 is 0 Å². The monoisotopic (exact) mass is 343 g/mol. The maximum Gasteiger partial charge on any atom is 0.178 e. The van der Waals surface area contributed by atoms with Crippen molar-refractivity contribution in [3.8, 4) is 0 Å². The van der Waals surface area contributed by atoms with Crippen LogP contribution in [-0.2, 0) is 13.0 Å². The minimum absolute atomic E-state index is 0.526. The SMILES string of the molecule is Cc1csc(CCn2c(=S)[nH]c3cc(Cl)c(Cl)cc32)n1. The van der Waals surface area contributed by atoms with E-state index in [4.69, 9.17) is 35.4 Å². The summed E-state index contributed by atoms with van der Waals surface area (Å²) in [7, 11) is 0. The van der Waals surface area contributed by atoms with Gasteiger partial charge < -0.3 is 9.55 Å². The fourth-order valence-corrected chi connectivity index (χ4v) is 3.49. The second kappa shape index (κ2) is 5.48. The fourth-order valence-electron chi connectivity index (χ4n) is 2.10. The summed E-state index contributed by atoms with van der Waals surface area (Å²) in [5.41, 5.74) is 2.93. The highest BCUT2D eigenvalue weighted by Gasteiger charge is 2.09. The van der Waals surface area contributed by atoms with Crippen molar-refractivity contribution in [3.05, 3.63) is 43.0 Å². The van der Waals surface area contributed by atoms with Gasteiger partial charge in [-0.15, -0.1) is 11.3 Å². The summed E-state index contributed by atoms with van der Waals surface area (Å²) in [6.45, 7) is 2.77. The first-order valence-electron chi connectivity index (χ1n) is 6.03. The van der Waals surface area contributed by atoms with Gasteiger partial charge in [-0.1, -0.05) is 23.2 Å². The molecule has 0 unspecified atom stereocenters. The van der Waals surface area contributed by atoms with Gasteiger partial charge in [0.15, 0.2) is 4.77 Å². The molecule has 0 atom stereocenters. The number of nitrogens with one attached hydrogen (secondary N) is 1. The van der Waals surface area contributed by atoms with E-state index in [2.05, 4.69) is 15.3 Å². The van der Waals surface area contributed by atoms with Gasteiger partial charge in [0, 0.05) is 24.0 Å². The fraction of sp³-hybridized carbons (Fsp3) is 0.231. The highest BCUT2D eigenvalue weighted by Crippen LogP contribution is 2.27. The largest absolute Gasteiger partial charge is 0.331 e. The number of hydrogen-bond donors (Lipinski definition) is 1. The standard InChI is InChI=1S/C13H11Cl2N3S2/c1-7-6-20-12(16-7)2-3-18-11-5-9(15)8(14)4-10(11)17-13(18)19/h4-6H,2-3H2,1H3,(H,17,19). The van der Waals surface area contributed by atoms with Crippen LogP contribution >= 0.6 is 46.8 Å². The maximum atomic E-state index is 6.09. The molecule has 0 aliphatic carbocycles. The average Bonchev–Trinajstić information content (AvgIpc) is 2.92. The summed E-state index contributed by atoms with van der Waals surface area (Å²) in [4.78, 5) is 7.62. The molecule has 0 aliphatic rings. The highest BCUT2D eigenvalue weighted by molar-refractivity contribution is 7.71. The average molecular weight is 344 g/mol. The molecule has 0 saturated heterocycles. The molecule has 7 heteroatoms. The molecule has 0 spiro atoms. The molecule has 1 aromatic carbocycles. The molecule has 2 aromatic heterocycles. The molecular formula is C13H11Cl2N3S2. The second-order valence-electron chi connectivity index (χ2n) is 4.50. The third kappa shape index (κ3) is 2.63. The van der Waals surface area contributed by atoms with Gasteiger partial charge in [-0.3, -0.25) is 0 Å². The molecule has 104 valence electrons. The van der Waals surface area contributed by atoms with Gasteiger partial charge in [0.1, 0.15) is 0 Å². The number of halogens is 2. The number of aromatic nitrogens is 3. The minimum Gasteiger partial charge on any atom is -0.331 e. The lowest BCUT2D eigenvalue weighted by molar-refractivity contribution is 0.703. The lowest BCUT2D eigenvalue weighted by Crippen LogP contribution is -2.01. The molecular weight excluding hydrogens is 333 g/mol. The predicted molar refractivity (Wildman–Crippen MR) is 87.7 cm³/mol. The third-order valence-corrected chi connectivity index (χ3v) is 5.10. The van der Waals surface area contributed by atoms with Crippen LogP contribution in [0.2, 0.25) is 10.0 Å². The van der Waals surface area contributed by atoms with Gasteiger partial charge in [0.25, 0.3) is 0 Å². The molecule has 0 saturated carbocycles. The van der Waals surface area contributed by atoms with E-state index in [9.17, 15) is 0 Å². The number of fused-ring (bicyclic) bond motifs is 1. The number of imidazole rings is 1. The Hall–Kier alpha value is -0.880. The second-order valence-corrected chi connectivity index (χ2v) is 6.64. The predicted octanol–water partition coefficient (Wildman–Crippen LogP) is 5.01. The van der Waals surface area contributed by atoms with E-state index in [0.717, 1.165) is 34.7 Å². The van der Waals surface area contributed by atoms with Gasteiger partial charge in [-0.2, -0.15) is 0 Å². The van der Waals surface area contributed by atoms with Crippen LogP contribution in [0, 0.1) is 11.7 Å². The van der Waals surface area contributed by atoms with E-state index in [-0.39, 0.29) is 0 Å². The molecule has 0 amide bonds. The van der Waals surface area contributed by atoms with Crippen LogP contribution in [-0.4, -0.2) is 14.5 Å². The molecule has 0 aliphatic heterocycles. The third-order valence-electron chi connectivity index (χ3n) is 3.03. The molecule has 2 heterocycles. The van der Waals surface area contributed by atoms with Crippen molar-refractivity contribution >= 4 is 57.8 Å². The highest BCUT2D eigenvalue weighted by atomic mass is 35.5. The van der Waals surface area contributed by atoms with Crippen LogP contribution in [0.4, 0.5) is 0 Å². The lowest BCUT2D eigenvalue weighted by atomic mass is 10.3. The molecule has 3 nitrogen and oxygen atoms in total. The molecule has 20 heavy (non-hydrogen) atoms. The van der Waals surface area contributed by atoms with Gasteiger partial charge >= 0.3 is 0 Å². The quantitative estimate of drug-likeness (QED) is 0.678. The topological polar surface area (TPSA) is 33.6 Å². The molecule has 0 radical (unpaired) electrons. The first-order chi connectivity index (χ1) is 9.54. The molecule has 0 fully saturated rings. The van der Waals surface area contributed by atoms with Crippen LogP contribution in [0.3, 0.4) is 0 Å². The van der Waals surface area contributed by atoms with Gasteiger partial charge in [0.2, 0.25) is 0 Å². The normalized spacial score (nSPS) is 11.3. The first kappa shape index (κ1) is 14.1. The summed E-state index contributed by atoms with van der Waals surface area (Å²) in [6, 6.07) is 3.65. The summed E-state index contributed by atoms with van der Waals surface area (Å²) in [5.74, 6) is 0. The van der Waals surface area contributed by atoms with Crippen molar-refractivity contribution in [1.82, 2.24) is 14.5 Å². The van der Waals surface area contributed by atoms with Crippen LogP contribution in [0.1, 0.15) is 10.7 Å². The Labute approximate surface area is 135 Å². The van der Waals surface area contributed by atoms with E-state index in [0.29, 0.717) is 14.8 Å². The van der Waals surface area contributed by atoms with Crippen molar-refractivity contribution in [3.63, 3.8) is 0 Å². The van der Waals surface area contributed by atoms with Crippen molar-refractivity contribution in [2.75, 3.05) is 0 Å². The molecule has 3 rings (SSSR count). The van der Waals surface area contributed by atoms with E-state index in [1.165, 1.54) is 0 Å². The van der Waals surface area contributed by atoms with E-state index in [1.54, 1.807) is 17.4 Å². The van der Waals surface area contributed by atoms with Crippen molar-refractivity contribution < 1.29 is 0 Å². The zero-order valence-corrected chi connectivity index (χ0v) is 13.8.